The number of rotatable bonds is 4. The standard InChI is InChI=1S/C15H17N3O3/c16-8-7-11-3-5-12(6-4-11)17-15(21)18-9-1-2-13(18)10-14(19)20/h3-6,13H,1-2,7,9-10H2,(H,17,21)(H,19,20). The van der Waals surface area contributed by atoms with Crippen LogP contribution in [-0.2, 0) is 11.2 Å². The van der Waals surface area contributed by atoms with E-state index in [-0.39, 0.29) is 18.5 Å². The highest BCUT2D eigenvalue weighted by molar-refractivity contribution is 5.90. The third-order valence-corrected chi connectivity index (χ3v) is 3.54. The molecular formula is C15H17N3O3. The molecular weight excluding hydrogens is 270 g/mol. The highest BCUT2D eigenvalue weighted by Gasteiger charge is 2.30. The Labute approximate surface area is 123 Å². The first-order valence-corrected chi connectivity index (χ1v) is 6.85. The normalized spacial score (nSPS) is 17.3. The van der Waals surface area contributed by atoms with Gasteiger partial charge in [0.25, 0.3) is 0 Å². The van der Waals surface area contributed by atoms with Crippen molar-refractivity contribution in [3.63, 3.8) is 0 Å². The first kappa shape index (κ1) is 14.9. The van der Waals surface area contributed by atoms with Crippen LogP contribution < -0.4 is 5.32 Å². The molecule has 2 N–H and O–H groups in total. The van der Waals surface area contributed by atoms with Crippen molar-refractivity contribution in [3.8, 4) is 6.07 Å². The van der Waals surface area contributed by atoms with Crippen molar-refractivity contribution >= 4 is 17.7 Å². The summed E-state index contributed by atoms with van der Waals surface area (Å²) in [5, 5.41) is 20.2. The van der Waals surface area contributed by atoms with Crippen molar-refractivity contribution in [2.24, 2.45) is 0 Å². The Balaban J connectivity index is 1.97. The Bertz CT molecular complexity index is 563. The van der Waals surface area contributed by atoms with Crippen LogP contribution in [-0.4, -0.2) is 34.6 Å². The first-order valence-electron chi connectivity index (χ1n) is 6.85. The zero-order valence-corrected chi connectivity index (χ0v) is 11.6. The summed E-state index contributed by atoms with van der Waals surface area (Å²) in [5.74, 6) is -0.888. The molecule has 2 rings (SSSR count). The lowest BCUT2D eigenvalue weighted by molar-refractivity contribution is -0.137. The fourth-order valence-electron chi connectivity index (χ4n) is 2.51. The summed E-state index contributed by atoms with van der Waals surface area (Å²) < 4.78 is 0. The fourth-order valence-corrected chi connectivity index (χ4v) is 2.51. The molecule has 21 heavy (non-hydrogen) atoms. The molecule has 6 heteroatoms. The largest absolute Gasteiger partial charge is 0.481 e. The van der Waals surface area contributed by atoms with Gasteiger partial charge in [-0.2, -0.15) is 5.26 Å². The molecule has 110 valence electrons. The van der Waals surface area contributed by atoms with Crippen LogP contribution in [0.4, 0.5) is 10.5 Å². The number of nitrogens with zero attached hydrogens (tertiary/aromatic N) is 2. The molecule has 1 unspecified atom stereocenters. The van der Waals surface area contributed by atoms with Gasteiger partial charge in [0, 0.05) is 18.3 Å². The van der Waals surface area contributed by atoms with E-state index >= 15 is 0 Å². The van der Waals surface area contributed by atoms with Gasteiger partial charge in [0.15, 0.2) is 0 Å². The number of benzene rings is 1. The molecule has 1 aliphatic rings. The minimum atomic E-state index is -0.888. The molecule has 0 spiro atoms. The monoisotopic (exact) mass is 287 g/mol. The number of carbonyl (C=O) groups excluding carboxylic acids is 1. The second-order valence-corrected chi connectivity index (χ2v) is 5.05. The number of anilines is 1. The van der Waals surface area contributed by atoms with E-state index in [0.717, 1.165) is 18.4 Å². The number of carboxylic acid groups (broad SMARTS) is 1. The maximum Gasteiger partial charge on any atom is 0.322 e. The number of nitrogens with one attached hydrogen (secondary N) is 1. The van der Waals surface area contributed by atoms with Crippen LogP contribution in [0.5, 0.6) is 0 Å². The molecule has 1 aromatic carbocycles. The zero-order valence-electron chi connectivity index (χ0n) is 11.6. The van der Waals surface area contributed by atoms with Gasteiger partial charge in [-0.15, -0.1) is 0 Å². The predicted molar refractivity (Wildman–Crippen MR) is 76.8 cm³/mol. The van der Waals surface area contributed by atoms with Crippen molar-refractivity contribution in [3.05, 3.63) is 29.8 Å². The molecule has 0 aromatic heterocycles. The Morgan fingerprint density at radius 2 is 2.10 bits per heavy atom. The Morgan fingerprint density at radius 3 is 2.71 bits per heavy atom. The molecule has 1 aromatic rings. The summed E-state index contributed by atoms with van der Waals surface area (Å²) in [6.07, 6.45) is 1.86. The molecule has 2 amide bonds. The summed E-state index contributed by atoms with van der Waals surface area (Å²) in [5.41, 5.74) is 1.53. The average Bonchev–Trinajstić information content (AvgIpc) is 2.88. The number of hydrogen-bond donors (Lipinski definition) is 2. The topological polar surface area (TPSA) is 93.4 Å². The van der Waals surface area contributed by atoms with E-state index in [1.165, 1.54) is 0 Å². The number of hydrogen-bond acceptors (Lipinski definition) is 3. The van der Waals surface area contributed by atoms with Crippen LogP contribution in [0, 0.1) is 11.3 Å². The van der Waals surface area contributed by atoms with Crippen LogP contribution in [0.15, 0.2) is 24.3 Å². The lowest BCUT2D eigenvalue weighted by atomic mass is 10.1. The third kappa shape index (κ3) is 3.96. The van der Waals surface area contributed by atoms with Crippen molar-refractivity contribution in [1.29, 1.82) is 5.26 Å². The molecule has 0 bridgehead atoms. The van der Waals surface area contributed by atoms with E-state index in [4.69, 9.17) is 10.4 Å². The maximum absolute atomic E-state index is 12.2. The van der Waals surface area contributed by atoms with Crippen molar-refractivity contribution in [1.82, 2.24) is 4.90 Å². The number of urea groups is 1. The van der Waals surface area contributed by atoms with E-state index in [1.807, 2.05) is 0 Å². The second kappa shape index (κ2) is 6.75. The van der Waals surface area contributed by atoms with Crippen LogP contribution >= 0.6 is 0 Å². The van der Waals surface area contributed by atoms with Crippen LogP contribution in [0.2, 0.25) is 0 Å². The maximum atomic E-state index is 12.2. The van der Waals surface area contributed by atoms with Gasteiger partial charge < -0.3 is 15.3 Å². The highest BCUT2D eigenvalue weighted by Crippen LogP contribution is 2.21. The molecule has 1 atom stereocenters. The van der Waals surface area contributed by atoms with Crippen molar-refractivity contribution in [2.75, 3.05) is 11.9 Å². The summed E-state index contributed by atoms with van der Waals surface area (Å²) in [4.78, 5) is 24.6. The summed E-state index contributed by atoms with van der Waals surface area (Å²) in [6.45, 7) is 0.580. The molecule has 1 saturated heterocycles. The highest BCUT2D eigenvalue weighted by atomic mass is 16.4. The molecule has 1 aliphatic heterocycles. The minimum Gasteiger partial charge on any atom is -0.481 e. The number of aliphatic carboxylic acids is 1. The SMILES string of the molecule is N#CCc1ccc(NC(=O)N2CCCC2CC(=O)O)cc1. The lowest BCUT2D eigenvalue weighted by Crippen LogP contribution is -2.39. The van der Waals surface area contributed by atoms with Gasteiger partial charge in [-0.25, -0.2) is 4.79 Å². The van der Waals surface area contributed by atoms with E-state index < -0.39 is 5.97 Å². The number of carbonyl (C=O) groups is 2. The lowest BCUT2D eigenvalue weighted by Gasteiger charge is -2.23. The summed E-state index contributed by atoms with van der Waals surface area (Å²) in [7, 11) is 0. The second-order valence-electron chi connectivity index (χ2n) is 5.05. The van der Waals surface area contributed by atoms with E-state index in [0.29, 0.717) is 18.7 Å². The molecule has 0 saturated carbocycles. The minimum absolute atomic E-state index is 0.0193. The van der Waals surface area contributed by atoms with Crippen LogP contribution in [0.1, 0.15) is 24.8 Å². The van der Waals surface area contributed by atoms with Gasteiger partial charge in [0.2, 0.25) is 0 Å². The van der Waals surface area contributed by atoms with Crippen molar-refractivity contribution in [2.45, 2.75) is 31.7 Å². The Kier molecular flexibility index (Phi) is 4.77. The number of amides is 2. The van der Waals surface area contributed by atoms with Crippen LogP contribution in [0.25, 0.3) is 0 Å². The Morgan fingerprint density at radius 1 is 1.38 bits per heavy atom. The van der Waals surface area contributed by atoms with Crippen LogP contribution in [0.3, 0.4) is 0 Å². The van der Waals surface area contributed by atoms with E-state index in [1.54, 1.807) is 29.2 Å². The number of carboxylic acids is 1. The quantitative estimate of drug-likeness (QED) is 0.888. The van der Waals surface area contributed by atoms with Gasteiger partial charge in [0.05, 0.1) is 18.9 Å². The Hall–Kier alpha value is -2.55. The molecule has 1 fully saturated rings. The van der Waals surface area contributed by atoms with Gasteiger partial charge >= 0.3 is 12.0 Å². The molecule has 6 nitrogen and oxygen atoms in total. The van der Waals surface area contributed by atoms with Gasteiger partial charge in [-0.1, -0.05) is 12.1 Å². The van der Waals surface area contributed by atoms with E-state index in [9.17, 15) is 9.59 Å². The average molecular weight is 287 g/mol. The fraction of sp³-hybridized carbons (Fsp3) is 0.400. The number of likely N-dealkylation sites (tertiary alicyclic amines) is 1. The third-order valence-electron chi connectivity index (χ3n) is 3.54. The molecule has 0 radical (unpaired) electrons. The van der Waals surface area contributed by atoms with Gasteiger partial charge in [-0.05, 0) is 30.5 Å². The molecule has 1 heterocycles. The van der Waals surface area contributed by atoms with Gasteiger partial charge in [0.1, 0.15) is 0 Å². The summed E-state index contributed by atoms with van der Waals surface area (Å²) >= 11 is 0. The smallest absolute Gasteiger partial charge is 0.322 e. The zero-order chi connectivity index (χ0) is 15.2. The van der Waals surface area contributed by atoms with E-state index in [2.05, 4.69) is 11.4 Å². The first-order chi connectivity index (χ1) is 10.1. The molecule has 0 aliphatic carbocycles. The predicted octanol–water partition coefficient (Wildman–Crippen LogP) is 2.22. The van der Waals surface area contributed by atoms with Gasteiger partial charge in [-0.3, -0.25) is 4.79 Å². The van der Waals surface area contributed by atoms with Crippen molar-refractivity contribution < 1.29 is 14.7 Å². The summed E-state index contributed by atoms with van der Waals surface area (Å²) in [6, 6.07) is 8.62. The number of nitriles is 1.